The van der Waals surface area contributed by atoms with E-state index in [0.717, 1.165) is 5.56 Å². The molecule has 1 aromatic carbocycles. The Morgan fingerprint density at radius 2 is 1.71 bits per heavy atom. The maximum absolute atomic E-state index is 12.7. The molecule has 144 valence electrons. The second kappa shape index (κ2) is 7.99. The normalized spacial score (nSPS) is 14.3. The largest absolute Gasteiger partial charge is 0.338 e. The third kappa shape index (κ3) is 4.05. The highest BCUT2D eigenvalue weighted by atomic mass is 16.2. The van der Waals surface area contributed by atoms with E-state index in [1.165, 1.54) is 11.0 Å². The van der Waals surface area contributed by atoms with Crippen LogP contribution in [0.15, 0.2) is 49.1 Å². The molecule has 0 N–H and O–H groups in total. The maximum Gasteiger partial charge on any atom is 0.253 e. The minimum Gasteiger partial charge on any atom is -0.338 e. The summed E-state index contributed by atoms with van der Waals surface area (Å²) < 4.78 is 3.23. The predicted molar refractivity (Wildman–Crippen MR) is 98.1 cm³/mol. The molecule has 10 heteroatoms. The number of carbonyl (C=O) groups is 2. The number of nitrogens with zero attached hydrogens (tertiary/aromatic N) is 8. The zero-order chi connectivity index (χ0) is 19.3. The molecule has 0 saturated carbocycles. The first-order chi connectivity index (χ1) is 13.7. The van der Waals surface area contributed by atoms with Gasteiger partial charge >= 0.3 is 0 Å². The van der Waals surface area contributed by atoms with Gasteiger partial charge in [-0.25, -0.2) is 4.68 Å². The molecular formula is C18H20N8O2. The summed E-state index contributed by atoms with van der Waals surface area (Å²) >= 11 is 0. The van der Waals surface area contributed by atoms with Gasteiger partial charge in [-0.2, -0.15) is 5.10 Å². The molecule has 1 aliphatic rings. The van der Waals surface area contributed by atoms with Gasteiger partial charge in [0, 0.05) is 44.1 Å². The lowest BCUT2D eigenvalue weighted by Gasteiger charge is -2.34. The molecule has 0 radical (unpaired) electrons. The Morgan fingerprint density at radius 1 is 0.964 bits per heavy atom. The van der Waals surface area contributed by atoms with Crippen molar-refractivity contribution in [3.63, 3.8) is 0 Å². The molecule has 0 atom stereocenters. The third-order valence-corrected chi connectivity index (χ3v) is 4.71. The van der Waals surface area contributed by atoms with Gasteiger partial charge in [-0.15, -0.1) is 5.10 Å². The first-order valence-corrected chi connectivity index (χ1v) is 9.03. The average Bonchev–Trinajstić information content (AvgIpc) is 3.42. The number of tetrazole rings is 1. The van der Waals surface area contributed by atoms with Crippen molar-refractivity contribution in [2.75, 3.05) is 26.2 Å². The summed E-state index contributed by atoms with van der Waals surface area (Å²) in [6.07, 6.45) is 5.05. The van der Waals surface area contributed by atoms with Crippen molar-refractivity contribution in [2.24, 2.45) is 0 Å². The van der Waals surface area contributed by atoms with Crippen LogP contribution in [0.1, 0.15) is 15.9 Å². The first kappa shape index (κ1) is 17.8. The summed E-state index contributed by atoms with van der Waals surface area (Å²) in [6, 6.07) is 9.46. The van der Waals surface area contributed by atoms with Gasteiger partial charge in [-0.05, 0) is 34.2 Å². The molecule has 4 rings (SSSR count). The molecule has 0 aliphatic carbocycles. The zero-order valence-electron chi connectivity index (χ0n) is 15.3. The van der Waals surface area contributed by atoms with E-state index in [-0.39, 0.29) is 18.4 Å². The van der Waals surface area contributed by atoms with Crippen molar-refractivity contribution < 1.29 is 9.59 Å². The minimum absolute atomic E-state index is 0.0155. The predicted octanol–water partition coefficient (Wildman–Crippen LogP) is -0.0975. The Kier molecular flexibility index (Phi) is 5.09. The van der Waals surface area contributed by atoms with Crippen LogP contribution in [0.25, 0.3) is 0 Å². The van der Waals surface area contributed by atoms with E-state index < -0.39 is 0 Å². The Hall–Kier alpha value is -3.56. The molecule has 3 aromatic rings. The quantitative estimate of drug-likeness (QED) is 0.613. The molecule has 0 unspecified atom stereocenters. The summed E-state index contributed by atoms with van der Waals surface area (Å²) in [4.78, 5) is 28.5. The van der Waals surface area contributed by atoms with Crippen LogP contribution in [-0.4, -0.2) is 77.8 Å². The fourth-order valence-corrected chi connectivity index (χ4v) is 3.17. The van der Waals surface area contributed by atoms with Crippen LogP contribution >= 0.6 is 0 Å². The van der Waals surface area contributed by atoms with Crippen molar-refractivity contribution in [1.82, 2.24) is 39.8 Å². The highest BCUT2D eigenvalue weighted by molar-refractivity contribution is 5.94. The van der Waals surface area contributed by atoms with Crippen LogP contribution in [0.2, 0.25) is 0 Å². The SMILES string of the molecule is O=C(Cn1cnnn1)N1CCN(C(=O)c2ccc(Cn3cccn3)cc2)CC1. The number of carbonyl (C=O) groups excluding carboxylic acids is 2. The number of aromatic nitrogens is 6. The lowest BCUT2D eigenvalue weighted by molar-refractivity contribution is -0.133. The molecule has 0 bridgehead atoms. The van der Waals surface area contributed by atoms with Crippen molar-refractivity contribution in [3.05, 3.63) is 60.2 Å². The van der Waals surface area contributed by atoms with Gasteiger partial charge < -0.3 is 9.80 Å². The van der Waals surface area contributed by atoms with Gasteiger partial charge in [0.25, 0.3) is 5.91 Å². The Bertz CT molecular complexity index is 913. The highest BCUT2D eigenvalue weighted by Gasteiger charge is 2.25. The summed E-state index contributed by atoms with van der Waals surface area (Å²) in [7, 11) is 0. The van der Waals surface area contributed by atoms with Crippen LogP contribution in [0.3, 0.4) is 0 Å². The van der Waals surface area contributed by atoms with E-state index in [1.807, 2.05) is 41.2 Å². The smallest absolute Gasteiger partial charge is 0.253 e. The van der Waals surface area contributed by atoms with Gasteiger partial charge in [0.2, 0.25) is 5.91 Å². The molecule has 1 fully saturated rings. The first-order valence-electron chi connectivity index (χ1n) is 9.03. The Labute approximate surface area is 161 Å². The van der Waals surface area contributed by atoms with E-state index >= 15 is 0 Å². The van der Waals surface area contributed by atoms with Gasteiger partial charge in [-0.1, -0.05) is 12.1 Å². The van der Waals surface area contributed by atoms with Crippen LogP contribution in [0, 0.1) is 0 Å². The lowest BCUT2D eigenvalue weighted by Crippen LogP contribution is -2.51. The topological polar surface area (TPSA) is 102 Å². The second-order valence-electron chi connectivity index (χ2n) is 6.58. The summed E-state index contributed by atoms with van der Waals surface area (Å²) in [5.41, 5.74) is 1.73. The molecule has 2 aromatic heterocycles. The molecule has 0 spiro atoms. The standard InChI is InChI=1S/C18H20N8O2/c27-17(13-26-14-19-21-22-26)23-8-10-24(11-9-23)18(28)16-4-2-15(3-5-16)12-25-7-1-6-20-25/h1-7,14H,8-13H2. The van der Waals surface area contributed by atoms with E-state index in [2.05, 4.69) is 20.6 Å². The van der Waals surface area contributed by atoms with Crippen LogP contribution in [0.5, 0.6) is 0 Å². The van der Waals surface area contributed by atoms with Crippen molar-refractivity contribution in [2.45, 2.75) is 13.1 Å². The third-order valence-electron chi connectivity index (χ3n) is 4.71. The van der Waals surface area contributed by atoms with Crippen LogP contribution in [0.4, 0.5) is 0 Å². The van der Waals surface area contributed by atoms with Crippen molar-refractivity contribution >= 4 is 11.8 Å². The molecule has 1 saturated heterocycles. The van der Waals surface area contributed by atoms with E-state index in [0.29, 0.717) is 38.3 Å². The molecule has 28 heavy (non-hydrogen) atoms. The number of benzene rings is 1. The number of hydrogen-bond acceptors (Lipinski definition) is 6. The number of amides is 2. The van der Waals surface area contributed by atoms with E-state index in [1.54, 1.807) is 16.0 Å². The molecule has 10 nitrogen and oxygen atoms in total. The zero-order valence-corrected chi connectivity index (χ0v) is 15.3. The molecule has 3 heterocycles. The van der Waals surface area contributed by atoms with E-state index in [9.17, 15) is 9.59 Å². The maximum atomic E-state index is 12.7. The van der Waals surface area contributed by atoms with Gasteiger partial charge in [0.1, 0.15) is 12.9 Å². The molecular weight excluding hydrogens is 360 g/mol. The summed E-state index contributed by atoms with van der Waals surface area (Å²) in [6.45, 7) is 2.81. The average molecular weight is 380 g/mol. The van der Waals surface area contributed by atoms with E-state index in [4.69, 9.17) is 0 Å². The number of piperazine rings is 1. The van der Waals surface area contributed by atoms with Gasteiger partial charge in [0.15, 0.2) is 0 Å². The minimum atomic E-state index is -0.0534. The van der Waals surface area contributed by atoms with Crippen molar-refractivity contribution in [1.29, 1.82) is 0 Å². The van der Waals surface area contributed by atoms with Gasteiger partial charge in [0.05, 0.1) is 6.54 Å². The highest BCUT2D eigenvalue weighted by Crippen LogP contribution is 2.12. The fraction of sp³-hybridized carbons (Fsp3) is 0.333. The van der Waals surface area contributed by atoms with Crippen LogP contribution < -0.4 is 0 Å². The summed E-state index contributed by atoms with van der Waals surface area (Å²) in [5.74, 6) is -0.0689. The Morgan fingerprint density at radius 3 is 2.36 bits per heavy atom. The second-order valence-corrected chi connectivity index (χ2v) is 6.58. The fourth-order valence-electron chi connectivity index (χ4n) is 3.17. The summed E-state index contributed by atoms with van der Waals surface area (Å²) in [5, 5.41) is 14.9. The number of hydrogen-bond donors (Lipinski definition) is 0. The molecule has 1 aliphatic heterocycles. The molecule has 2 amide bonds. The number of rotatable bonds is 5. The van der Waals surface area contributed by atoms with Crippen LogP contribution in [-0.2, 0) is 17.9 Å². The van der Waals surface area contributed by atoms with Gasteiger partial charge in [-0.3, -0.25) is 14.3 Å². The Balaban J connectivity index is 1.30. The van der Waals surface area contributed by atoms with Crippen molar-refractivity contribution in [3.8, 4) is 0 Å². The monoisotopic (exact) mass is 380 g/mol. The lowest BCUT2D eigenvalue weighted by atomic mass is 10.1.